The van der Waals surface area contributed by atoms with Crippen molar-refractivity contribution >= 4 is 17.1 Å². The Morgan fingerprint density at radius 3 is 2.47 bits per heavy atom. The van der Waals surface area contributed by atoms with Crippen LogP contribution in [0.2, 0.25) is 0 Å². The van der Waals surface area contributed by atoms with E-state index in [0.717, 1.165) is 6.20 Å². The second kappa shape index (κ2) is 5.14. The number of nitrogens with two attached hydrogens (primary N) is 1. The van der Waals surface area contributed by atoms with Crippen LogP contribution in [0.15, 0.2) is 6.20 Å². The topological polar surface area (TPSA) is 56.0 Å². The van der Waals surface area contributed by atoms with Gasteiger partial charge in [0.1, 0.15) is 0 Å². The monoisotopic (exact) mass is 266 g/mol. The van der Waals surface area contributed by atoms with Crippen molar-refractivity contribution in [2.45, 2.75) is 20.0 Å². The molecule has 0 saturated heterocycles. The lowest BCUT2D eigenvalue weighted by Gasteiger charge is -2.15. The molecule has 96 valence electrons. The summed E-state index contributed by atoms with van der Waals surface area (Å²) in [5, 5.41) is -1.000. The molecule has 0 bridgehead atoms. The third-order valence-corrected chi connectivity index (χ3v) is 3.44. The van der Waals surface area contributed by atoms with Gasteiger partial charge in [-0.25, -0.2) is 4.98 Å². The molecule has 7 heteroatoms. The molecule has 0 spiro atoms. The zero-order valence-corrected chi connectivity index (χ0v) is 10.2. The van der Waals surface area contributed by atoms with Gasteiger partial charge in [0.05, 0.1) is 4.88 Å². The van der Waals surface area contributed by atoms with Crippen molar-refractivity contribution in [3.63, 3.8) is 0 Å². The largest absolute Gasteiger partial charge is 0.443 e. The van der Waals surface area contributed by atoms with E-state index >= 15 is 0 Å². The Morgan fingerprint density at radius 1 is 1.53 bits per heavy atom. The third kappa shape index (κ3) is 3.26. The number of halogens is 3. The number of nitrogens with zero attached hydrogens (tertiary/aromatic N) is 1. The highest BCUT2D eigenvalue weighted by Crippen LogP contribution is 2.33. The Kier molecular flexibility index (Phi) is 4.26. The first-order valence-electron chi connectivity index (χ1n) is 5.04. The molecular weight excluding hydrogens is 253 g/mol. The van der Waals surface area contributed by atoms with Gasteiger partial charge in [0, 0.05) is 18.7 Å². The van der Waals surface area contributed by atoms with Crippen molar-refractivity contribution < 1.29 is 18.0 Å². The summed E-state index contributed by atoms with van der Waals surface area (Å²) in [7, 11) is 0. The second-order valence-corrected chi connectivity index (χ2v) is 5.01. The van der Waals surface area contributed by atoms with Gasteiger partial charge in [0.25, 0.3) is 0 Å². The van der Waals surface area contributed by atoms with Crippen LogP contribution >= 0.6 is 11.3 Å². The van der Waals surface area contributed by atoms with Gasteiger partial charge in [-0.3, -0.25) is 4.79 Å². The van der Waals surface area contributed by atoms with Gasteiger partial charge >= 0.3 is 6.18 Å². The molecule has 1 unspecified atom stereocenters. The minimum atomic E-state index is -4.50. The smallest absolute Gasteiger partial charge is 0.330 e. The molecule has 0 aromatic carbocycles. The van der Waals surface area contributed by atoms with Crippen LogP contribution in [0, 0.1) is 11.8 Å². The Hall–Kier alpha value is -0.950. The molecule has 1 aromatic rings. The van der Waals surface area contributed by atoms with E-state index in [4.69, 9.17) is 5.73 Å². The highest BCUT2D eigenvalue weighted by atomic mass is 32.1. The lowest BCUT2D eigenvalue weighted by Crippen LogP contribution is -2.27. The minimum Gasteiger partial charge on any atom is -0.330 e. The number of hydrogen-bond donors (Lipinski definition) is 1. The van der Waals surface area contributed by atoms with Gasteiger partial charge in [0.2, 0.25) is 0 Å². The normalized spacial score (nSPS) is 14.1. The summed E-state index contributed by atoms with van der Waals surface area (Å²) in [6.07, 6.45) is -3.53. The molecule has 1 rings (SSSR count). The number of ketones is 1. The molecule has 1 aromatic heterocycles. The molecule has 1 atom stereocenters. The summed E-state index contributed by atoms with van der Waals surface area (Å²) < 4.78 is 37.0. The summed E-state index contributed by atoms with van der Waals surface area (Å²) in [4.78, 5) is 15.1. The van der Waals surface area contributed by atoms with Crippen LogP contribution in [0.5, 0.6) is 0 Å². The average molecular weight is 266 g/mol. The molecule has 0 aliphatic carbocycles. The zero-order valence-electron chi connectivity index (χ0n) is 9.41. The van der Waals surface area contributed by atoms with Crippen molar-refractivity contribution in [2.75, 3.05) is 6.54 Å². The molecule has 0 radical (unpaired) electrons. The van der Waals surface area contributed by atoms with Crippen molar-refractivity contribution in [3.05, 3.63) is 16.1 Å². The lowest BCUT2D eigenvalue weighted by molar-refractivity contribution is -0.137. The van der Waals surface area contributed by atoms with Crippen LogP contribution in [-0.2, 0) is 6.18 Å². The van der Waals surface area contributed by atoms with E-state index < -0.39 is 17.1 Å². The molecular formula is C10H13F3N2OS. The highest BCUT2D eigenvalue weighted by molar-refractivity contribution is 7.13. The fourth-order valence-electron chi connectivity index (χ4n) is 1.38. The van der Waals surface area contributed by atoms with E-state index in [9.17, 15) is 18.0 Å². The predicted octanol–water partition coefficient (Wildman–Crippen LogP) is 2.58. The average Bonchev–Trinajstić information content (AvgIpc) is 2.65. The van der Waals surface area contributed by atoms with Gasteiger partial charge in [0.15, 0.2) is 10.8 Å². The number of thiazole rings is 1. The molecule has 0 aliphatic heterocycles. The summed E-state index contributed by atoms with van der Waals surface area (Å²) >= 11 is 0.368. The molecule has 3 nitrogen and oxygen atoms in total. The first-order chi connectivity index (χ1) is 7.77. The number of rotatable bonds is 4. The maximum absolute atomic E-state index is 12.3. The van der Waals surface area contributed by atoms with Gasteiger partial charge in [-0.1, -0.05) is 13.8 Å². The van der Waals surface area contributed by atoms with Gasteiger partial charge in [-0.2, -0.15) is 13.2 Å². The first-order valence-corrected chi connectivity index (χ1v) is 5.86. The molecule has 0 aliphatic rings. The van der Waals surface area contributed by atoms with E-state index in [-0.39, 0.29) is 23.1 Å². The number of aromatic nitrogens is 1. The number of Topliss-reactive ketones (excluding diaryl/α,β-unsaturated/α-hetero) is 1. The van der Waals surface area contributed by atoms with Crippen LogP contribution in [0.25, 0.3) is 0 Å². The fourth-order valence-corrected chi connectivity index (χ4v) is 2.17. The van der Waals surface area contributed by atoms with Crippen LogP contribution in [0.3, 0.4) is 0 Å². The van der Waals surface area contributed by atoms with Gasteiger partial charge < -0.3 is 5.73 Å². The van der Waals surface area contributed by atoms with E-state index in [0.29, 0.717) is 11.3 Å². The van der Waals surface area contributed by atoms with Crippen molar-refractivity contribution in [1.82, 2.24) is 4.98 Å². The van der Waals surface area contributed by atoms with E-state index in [1.54, 1.807) is 13.8 Å². The van der Waals surface area contributed by atoms with Crippen LogP contribution in [0.1, 0.15) is 28.5 Å². The van der Waals surface area contributed by atoms with Crippen molar-refractivity contribution in [3.8, 4) is 0 Å². The van der Waals surface area contributed by atoms with Gasteiger partial charge in [-0.15, -0.1) is 11.3 Å². The van der Waals surface area contributed by atoms with E-state index in [1.165, 1.54) is 0 Å². The number of carbonyl (C=O) groups excluding carboxylic acids is 1. The standard InChI is InChI=1S/C10H13F3N2OS/c1-5(2)6(3-14)8(16)7-4-15-9(17-7)10(11,12)13/h4-6H,3,14H2,1-2H3. The Balaban J connectivity index is 2.94. The molecule has 2 N–H and O–H groups in total. The van der Waals surface area contributed by atoms with Crippen molar-refractivity contribution in [2.24, 2.45) is 17.6 Å². The third-order valence-electron chi connectivity index (χ3n) is 2.39. The maximum Gasteiger partial charge on any atom is 0.443 e. The summed E-state index contributed by atoms with van der Waals surface area (Å²) in [6, 6.07) is 0. The quantitative estimate of drug-likeness (QED) is 0.852. The van der Waals surface area contributed by atoms with Crippen LogP contribution < -0.4 is 5.73 Å². The molecule has 0 fully saturated rings. The minimum absolute atomic E-state index is 0.0102. The Morgan fingerprint density at radius 2 is 2.12 bits per heavy atom. The summed E-state index contributed by atoms with van der Waals surface area (Å²) in [5.41, 5.74) is 5.45. The summed E-state index contributed by atoms with van der Waals surface area (Å²) in [6.45, 7) is 3.73. The fraction of sp³-hybridized carbons (Fsp3) is 0.600. The van der Waals surface area contributed by atoms with Crippen LogP contribution in [0.4, 0.5) is 13.2 Å². The Labute approximate surface area is 101 Å². The SMILES string of the molecule is CC(C)C(CN)C(=O)c1cnc(C(F)(F)F)s1. The van der Waals surface area contributed by atoms with E-state index in [2.05, 4.69) is 4.98 Å². The van der Waals surface area contributed by atoms with Gasteiger partial charge in [-0.05, 0) is 5.92 Å². The zero-order chi connectivity index (χ0) is 13.2. The molecule has 1 heterocycles. The van der Waals surface area contributed by atoms with E-state index in [1.807, 2.05) is 0 Å². The second-order valence-electron chi connectivity index (χ2n) is 3.98. The highest BCUT2D eigenvalue weighted by Gasteiger charge is 2.36. The number of carbonyl (C=O) groups is 1. The lowest BCUT2D eigenvalue weighted by atomic mass is 9.91. The molecule has 0 saturated carbocycles. The summed E-state index contributed by atoms with van der Waals surface area (Å²) in [5.74, 6) is -0.837. The number of alkyl halides is 3. The Bertz CT molecular complexity index is 401. The maximum atomic E-state index is 12.3. The van der Waals surface area contributed by atoms with Crippen LogP contribution in [-0.4, -0.2) is 17.3 Å². The first kappa shape index (κ1) is 14.1. The molecule has 17 heavy (non-hydrogen) atoms. The number of hydrogen-bond acceptors (Lipinski definition) is 4. The predicted molar refractivity (Wildman–Crippen MR) is 58.8 cm³/mol. The van der Waals surface area contributed by atoms with Crippen molar-refractivity contribution in [1.29, 1.82) is 0 Å². The molecule has 0 amide bonds.